The molecule has 0 aliphatic rings. The van der Waals surface area contributed by atoms with Crippen molar-refractivity contribution < 1.29 is 38.5 Å². The van der Waals surface area contributed by atoms with Gasteiger partial charge in [-0.15, -0.1) is 0 Å². The summed E-state index contributed by atoms with van der Waals surface area (Å²) >= 11 is 0. The highest BCUT2D eigenvalue weighted by molar-refractivity contribution is 6.05. The monoisotopic (exact) mass is 444 g/mol. The second-order valence-corrected chi connectivity index (χ2v) is 7.79. The third-order valence-corrected chi connectivity index (χ3v) is 4.87. The Bertz CT molecular complexity index is 560. The molecule has 0 saturated carbocycles. The fraction of sp³-hybridized carbons (Fsp3) is 0.826. The van der Waals surface area contributed by atoms with Crippen LogP contribution in [0.4, 0.5) is 0 Å². The zero-order chi connectivity index (χ0) is 23.7. The first-order valence-electron chi connectivity index (χ1n) is 11.5. The van der Waals surface area contributed by atoms with Crippen LogP contribution in [0.1, 0.15) is 91.9 Å². The Morgan fingerprint density at radius 2 is 1.19 bits per heavy atom. The number of hydrogen-bond donors (Lipinski definition) is 1. The van der Waals surface area contributed by atoms with E-state index in [-0.39, 0.29) is 19.8 Å². The Labute approximate surface area is 186 Å². The van der Waals surface area contributed by atoms with E-state index in [4.69, 9.17) is 14.2 Å². The van der Waals surface area contributed by atoms with Crippen molar-refractivity contribution in [3.63, 3.8) is 0 Å². The molecular weight excluding hydrogens is 404 g/mol. The number of hydrogen-bond acceptors (Lipinski definition) is 8. The average molecular weight is 445 g/mol. The molecule has 0 aromatic carbocycles. The van der Waals surface area contributed by atoms with Crippen molar-refractivity contribution in [2.45, 2.75) is 97.5 Å². The summed E-state index contributed by atoms with van der Waals surface area (Å²) in [5.41, 5.74) is -2.68. The number of carbonyl (C=O) groups excluding carboxylic acids is 4. The standard InChI is InChI=1S/C23H40O8/c1-5-8-11-14-29-19(25)17-23(28,22(27)31-16-13-10-7-3)20(18(4)24)21(26)30-15-12-9-6-2/h20,28H,5-17H2,1-4H3. The summed E-state index contributed by atoms with van der Waals surface area (Å²) in [6.07, 6.45) is 6.15. The topological polar surface area (TPSA) is 116 Å². The van der Waals surface area contributed by atoms with Gasteiger partial charge in [0.25, 0.3) is 0 Å². The number of ether oxygens (including phenoxy) is 3. The van der Waals surface area contributed by atoms with Gasteiger partial charge in [-0.25, -0.2) is 4.79 Å². The van der Waals surface area contributed by atoms with Crippen LogP contribution in [0.5, 0.6) is 0 Å². The first kappa shape index (κ1) is 29.0. The quantitative estimate of drug-likeness (QED) is 0.148. The molecule has 8 nitrogen and oxygen atoms in total. The Balaban J connectivity index is 5.45. The number of ketones is 1. The molecule has 1 N–H and O–H groups in total. The predicted molar refractivity (Wildman–Crippen MR) is 115 cm³/mol. The maximum Gasteiger partial charge on any atom is 0.340 e. The highest BCUT2D eigenvalue weighted by Gasteiger charge is 2.54. The van der Waals surface area contributed by atoms with Gasteiger partial charge in [0.1, 0.15) is 5.78 Å². The summed E-state index contributed by atoms with van der Waals surface area (Å²) in [7, 11) is 0. The summed E-state index contributed by atoms with van der Waals surface area (Å²) in [4.78, 5) is 49.9. The molecule has 31 heavy (non-hydrogen) atoms. The molecule has 0 heterocycles. The minimum Gasteiger partial charge on any atom is -0.466 e. The molecular formula is C23H40O8. The van der Waals surface area contributed by atoms with E-state index in [1.807, 2.05) is 20.8 Å². The molecule has 0 aliphatic carbocycles. The normalized spacial score (nSPS) is 13.7. The summed E-state index contributed by atoms with van der Waals surface area (Å²) in [6.45, 7) is 7.22. The van der Waals surface area contributed by atoms with Crippen molar-refractivity contribution in [3.05, 3.63) is 0 Å². The van der Waals surface area contributed by atoms with E-state index < -0.39 is 41.6 Å². The van der Waals surface area contributed by atoms with Crippen molar-refractivity contribution in [2.24, 2.45) is 5.92 Å². The van der Waals surface area contributed by atoms with Gasteiger partial charge in [-0.3, -0.25) is 14.4 Å². The van der Waals surface area contributed by atoms with E-state index in [1.54, 1.807) is 0 Å². The van der Waals surface area contributed by atoms with Gasteiger partial charge in [0, 0.05) is 0 Å². The lowest BCUT2D eigenvalue weighted by atomic mass is 9.81. The number of carbonyl (C=O) groups is 4. The van der Waals surface area contributed by atoms with E-state index in [2.05, 4.69) is 0 Å². The Hall–Kier alpha value is -1.96. The van der Waals surface area contributed by atoms with Crippen LogP contribution in [0, 0.1) is 5.92 Å². The molecule has 0 aromatic heterocycles. The van der Waals surface area contributed by atoms with Crippen LogP contribution in [0.15, 0.2) is 0 Å². The highest BCUT2D eigenvalue weighted by Crippen LogP contribution is 2.27. The summed E-state index contributed by atoms with van der Waals surface area (Å²) in [6, 6.07) is 0. The molecule has 0 aromatic rings. The van der Waals surface area contributed by atoms with Crippen LogP contribution in [-0.2, 0) is 33.4 Å². The highest BCUT2D eigenvalue weighted by atomic mass is 16.6. The molecule has 0 fully saturated rings. The first-order valence-corrected chi connectivity index (χ1v) is 11.5. The molecule has 0 spiro atoms. The zero-order valence-corrected chi connectivity index (χ0v) is 19.6. The molecule has 0 saturated heterocycles. The third-order valence-electron chi connectivity index (χ3n) is 4.87. The SMILES string of the molecule is CCCCCOC(=O)CC(O)(C(=O)OCCCCC)C(C(C)=O)C(=O)OCCCCC. The van der Waals surface area contributed by atoms with Crippen LogP contribution < -0.4 is 0 Å². The summed E-state index contributed by atoms with van der Waals surface area (Å²) in [5.74, 6) is -5.77. The van der Waals surface area contributed by atoms with E-state index in [0.29, 0.717) is 19.3 Å². The lowest BCUT2D eigenvalue weighted by molar-refractivity contribution is -0.187. The number of Topliss-reactive ketones (excluding diaryl/α,β-unsaturated/α-hetero) is 1. The number of esters is 3. The minimum absolute atomic E-state index is 0.0106. The van der Waals surface area contributed by atoms with Gasteiger partial charge < -0.3 is 19.3 Å². The van der Waals surface area contributed by atoms with Gasteiger partial charge in [0.2, 0.25) is 0 Å². The smallest absolute Gasteiger partial charge is 0.340 e. The van der Waals surface area contributed by atoms with Crippen LogP contribution in [0.25, 0.3) is 0 Å². The van der Waals surface area contributed by atoms with Gasteiger partial charge in [-0.1, -0.05) is 59.3 Å². The Morgan fingerprint density at radius 1 is 0.742 bits per heavy atom. The molecule has 0 bridgehead atoms. The summed E-state index contributed by atoms with van der Waals surface area (Å²) in [5, 5.41) is 11.1. The molecule has 180 valence electrons. The van der Waals surface area contributed by atoms with Crippen LogP contribution in [0.3, 0.4) is 0 Å². The van der Waals surface area contributed by atoms with Gasteiger partial charge in [-0.05, 0) is 26.2 Å². The van der Waals surface area contributed by atoms with Gasteiger partial charge in [0.05, 0.1) is 26.2 Å². The average Bonchev–Trinajstić information content (AvgIpc) is 2.71. The van der Waals surface area contributed by atoms with Crippen LogP contribution in [-0.4, -0.2) is 54.2 Å². The van der Waals surface area contributed by atoms with Crippen molar-refractivity contribution >= 4 is 23.7 Å². The fourth-order valence-corrected chi connectivity index (χ4v) is 3.05. The summed E-state index contributed by atoms with van der Waals surface area (Å²) < 4.78 is 15.3. The van der Waals surface area contributed by atoms with Crippen LogP contribution in [0.2, 0.25) is 0 Å². The Kier molecular flexibility index (Phi) is 15.6. The molecule has 0 amide bonds. The first-order chi connectivity index (χ1) is 14.7. The predicted octanol–water partition coefficient (Wildman–Crippen LogP) is 3.51. The second-order valence-electron chi connectivity index (χ2n) is 7.79. The maximum absolute atomic E-state index is 12.7. The fourth-order valence-electron chi connectivity index (χ4n) is 3.05. The van der Waals surface area contributed by atoms with Crippen LogP contribution >= 0.6 is 0 Å². The zero-order valence-electron chi connectivity index (χ0n) is 19.6. The Morgan fingerprint density at radius 3 is 1.65 bits per heavy atom. The van der Waals surface area contributed by atoms with Gasteiger partial charge >= 0.3 is 17.9 Å². The molecule has 8 heteroatoms. The lowest BCUT2D eigenvalue weighted by Gasteiger charge is -2.30. The molecule has 0 radical (unpaired) electrons. The maximum atomic E-state index is 12.7. The van der Waals surface area contributed by atoms with Crippen molar-refractivity contribution in [3.8, 4) is 0 Å². The minimum atomic E-state index is -2.68. The number of aliphatic hydroxyl groups is 1. The van der Waals surface area contributed by atoms with E-state index >= 15 is 0 Å². The number of rotatable bonds is 18. The largest absolute Gasteiger partial charge is 0.466 e. The lowest BCUT2D eigenvalue weighted by Crippen LogP contribution is -2.55. The van der Waals surface area contributed by atoms with E-state index in [1.165, 1.54) is 0 Å². The number of unbranched alkanes of at least 4 members (excludes halogenated alkanes) is 6. The van der Waals surface area contributed by atoms with Gasteiger partial charge in [-0.2, -0.15) is 0 Å². The third kappa shape index (κ3) is 11.3. The molecule has 2 atom stereocenters. The van der Waals surface area contributed by atoms with E-state index in [0.717, 1.165) is 45.4 Å². The molecule has 2 unspecified atom stereocenters. The second kappa shape index (κ2) is 16.7. The molecule has 0 rings (SSSR count). The van der Waals surface area contributed by atoms with Crippen molar-refractivity contribution in [1.29, 1.82) is 0 Å². The van der Waals surface area contributed by atoms with E-state index in [9.17, 15) is 24.3 Å². The molecule has 0 aliphatic heterocycles. The van der Waals surface area contributed by atoms with Crippen molar-refractivity contribution in [1.82, 2.24) is 0 Å². The van der Waals surface area contributed by atoms with Crippen molar-refractivity contribution in [2.75, 3.05) is 19.8 Å². The van der Waals surface area contributed by atoms with Gasteiger partial charge in [0.15, 0.2) is 11.5 Å².